The van der Waals surface area contributed by atoms with Crippen molar-refractivity contribution >= 4 is 32.9 Å². The van der Waals surface area contributed by atoms with Gasteiger partial charge in [0.25, 0.3) is 0 Å². The van der Waals surface area contributed by atoms with Gasteiger partial charge in [0.15, 0.2) is 0 Å². The number of hydrogen-bond donors (Lipinski definition) is 2. The fourth-order valence-electron chi connectivity index (χ4n) is 3.61. The van der Waals surface area contributed by atoms with E-state index in [1.807, 2.05) is 12.1 Å². The zero-order valence-electron chi connectivity index (χ0n) is 14.6. The molecule has 0 aliphatic rings. The molecule has 0 atom stereocenters. The second kappa shape index (κ2) is 7.57. The first-order valence-corrected chi connectivity index (χ1v) is 9.20. The third kappa shape index (κ3) is 3.48. The summed E-state index contributed by atoms with van der Waals surface area (Å²) in [5.41, 5.74) is 15.3. The van der Waals surface area contributed by atoms with Crippen LogP contribution in [0, 0.1) is 0 Å². The highest BCUT2D eigenvalue weighted by molar-refractivity contribution is 6.10. The molecule has 0 aliphatic heterocycles. The number of unbranched alkanes of at least 4 members (excludes halogenated alkanes) is 5. The highest BCUT2D eigenvalue weighted by atomic mass is 14.6. The van der Waals surface area contributed by atoms with Gasteiger partial charge in [-0.15, -0.1) is 0 Å². The Balaban J connectivity index is 1.87. The lowest BCUT2D eigenvalue weighted by molar-refractivity contribution is 0.608. The van der Waals surface area contributed by atoms with Crippen molar-refractivity contribution in [1.29, 1.82) is 0 Å². The van der Waals surface area contributed by atoms with E-state index in [0.717, 1.165) is 17.8 Å². The topological polar surface area (TPSA) is 52.0 Å². The van der Waals surface area contributed by atoms with Crippen molar-refractivity contribution in [2.45, 2.75) is 51.9 Å². The SMILES string of the molecule is CCCCCCCCc1c(N)ccc2c1ccc1cc(N)ccc12. The van der Waals surface area contributed by atoms with E-state index < -0.39 is 0 Å². The Hall–Kier alpha value is -2.22. The molecule has 0 heterocycles. The second-order valence-corrected chi connectivity index (χ2v) is 6.79. The molecule has 0 saturated carbocycles. The van der Waals surface area contributed by atoms with E-state index in [-0.39, 0.29) is 0 Å². The number of nitrogens with two attached hydrogens (primary N) is 2. The van der Waals surface area contributed by atoms with Crippen LogP contribution in [0.5, 0.6) is 0 Å². The number of fused-ring (bicyclic) bond motifs is 3. The molecular formula is C22H28N2. The van der Waals surface area contributed by atoms with Gasteiger partial charge in [-0.2, -0.15) is 0 Å². The summed E-state index contributed by atoms with van der Waals surface area (Å²) in [6.07, 6.45) is 8.91. The molecule has 0 radical (unpaired) electrons. The van der Waals surface area contributed by atoms with E-state index in [0.29, 0.717) is 0 Å². The van der Waals surface area contributed by atoms with E-state index >= 15 is 0 Å². The van der Waals surface area contributed by atoms with Crippen LogP contribution in [0.4, 0.5) is 11.4 Å². The van der Waals surface area contributed by atoms with Gasteiger partial charge in [-0.3, -0.25) is 0 Å². The summed E-state index contributed by atoms with van der Waals surface area (Å²) in [5.74, 6) is 0. The highest BCUT2D eigenvalue weighted by Gasteiger charge is 2.08. The third-order valence-corrected chi connectivity index (χ3v) is 4.97. The molecule has 0 fully saturated rings. The van der Waals surface area contributed by atoms with Crippen LogP contribution in [0.25, 0.3) is 21.5 Å². The van der Waals surface area contributed by atoms with Gasteiger partial charge in [0, 0.05) is 11.4 Å². The number of nitrogen functional groups attached to an aromatic ring is 2. The molecule has 24 heavy (non-hydrogen) atoms. The van der Waals surface area contributed by atoms with E-state index in [4.69, 9.17) is 11.5 Å². The highest BCUT2D eigenvalue weighted by Crippen LogP contribution is 2.32. The number of anilines is 2. The summed E-state index contributed by atoms with van der Waals surface area (Å²) in [5, 5.41) is 5.02. The lowest BCUT2D eigenvalue weighted by Crippen LogP contribution is -1.97. The largest absolute Gasteiger partial charge is 0.399 e. The van der Waals surface area contributed by atoms with Gasteiger partial charge in [-0.1, -0.05) is 63.3 Å². The van der Waals surface area contributed by atoms with Crippen LogP contribution >= 0.6 is 0 Å². The Morgan fingerprint density at radius 3 is 2.25 bits per heavy atom. The van der Waals surface area contributed by atoms with Gasteiger partial charge in [-0.05, 0) is 58.1 Å². The number of hydrogen-bond acceptors (Lipinski definition) is 2. The van der Waals surface area contributed by atoms with Crippen molar-refractivity contribution < 1.29 is 0 Å². The monoisotopic (exact) mass is 320 g/mol. The lowest BCUT2D eigenvalue weighted by atomic mass is 9.94. The van der Waals surface area contributed by atoms with Crippen LogP contribution in [0.2, 0.25) is 0 Å². The minimum atomic E-state index is 0.810. The van der Waals surface area contributed by atoms with Crippen LogP contribution in [0.3, 0.4) is 0 Å². The molecule has 0 unspecified atom stereocenters. The van der Waals surface area contributed by atoms with E-state index in [1.54, 1.807) is 0 Å². The third-order valence-electron chi connectivity index (χ3n) is 4.97. The minimum Gasteiger partial charge on any atom is -0.399 e. The molecule has 3 rings (SSSR count). The summed E-state index contributed by atoms with van der Waals surface area (Å²) < 4.78 is 0. The first-order chi connectivity index (χ1) is 11.7. The Morgan fingerprint density at radius 2 is 1.42 bits per heavy atom. The van der Waals surface area contributed by atoms with Crippen LogP contribution in [0.15, 0.2) is 42.5 Å². The Bertz CT molecular complexity index is 836. The molecule has 0 amide bonds. The summed E-state index contributed by atoms with van der Waals surface area (Å²) in [4.78, 5) is 0. The molecule has 3 aromatic carbocycles. The van der Waals surface area contributed by atoms with Gasteiger partial charge >= 0.3 is 0 Å². The molecule has 0 bridgehead atoms. The summed E-state index contributed by atoms with van der Waals surface area (Å²) >= 11 is 0. The summed E-state index contributed by atoms with van der Waals surface area (Å²) in [7, 11) is 0. The van der Waals surface area contributed by atoms with Crippen molar-refractivity contribution in [1.82, 2.24) is 0 Å². The maximum Gasteiger partial charge on any atom is 0.0353 e. The van der Waals surface area contributed by atoms with Crippen LogP contribution < -0.4 is 11.5 Å². The molecule has 4 N–H and O–H groups in total. The molecule has 0 spiro atoms. The molecule has 0 aliphatic carbocycles. The Morgan fingerprint density at radius 1 is 0.708 bits per heavy atom. The van der Waals surface area contributed by atoms with Crippen LogP contribution in [-0.2, 0) is 6.42 Å². The minimum absolute atomic E-state index is 0.810. The Kier molecular flexibility index (Phi) is 5.24. The standard InChI is InChI=1S/C22H28N2/c1-2-3-4-5-6-7-8-21-20-11-9-16-15-17(23)10-12-18(16)19(20)13-14-22(21)24/h9-15H,2-8,23-24H2,1H3. The van der Waals surface area contributed by atoms with Crippen LogP contribution in [-0.4, -0.2) is 0 Å². The van der Waals surface area contributed by atoms with Crippen LogP contribution in [0.1, 0.15) is 51.0 Å². The lowest BCUT2D eigenvalue weighted by Gasteiger charge is -2.12. The molecule has 2 heteroatoms. The average Bonchev–Trinajstić information content (AvgIpc) is 2.58. The van der Waals surface area contributed by atoms with Gasteiger partial charge < -0.3 is 11.5 Å². The van der Waals surface area contributed by atoms with Gasteiger partial charge in [0.05, 0.1) is 0 Å². The van der Waals surface area contributed by atoms with E-state index in [9.17, 15) is 0 Å². The zero-order chi connectivity index (χ0) is 16.9. The first kappa shape index (κ1) is 16.6. The fraction of sp³-hybridized carbons (Fsp3) is 0.364. The Labute approximate surface area is 144 Å². The number of rotatable bonds is 7. The quantitative estimate of drug-likeness (QED) is 0.316. The van der Waals surface area contributed by atoms with Crippen molar-refractivity contribution in [2.75, 3.05) is 11.5 Å². The van der Waals surface area contributed by atoms with Crippen molar-refractivity contribution in [2.24, 2.45) is 0 Å². The number of benzene rings is 3. The summed E-state index contributed by atoms with van der Waals surface area (Å²) in [6, 6.07) is 14.7. The van der Waals surface area contributed by atoms with Crippen molar-refractivity contribution in [3.05, 3.63) is 48.0 Å². The molecule has 0 aromatic heterocycles. The maximum absolute atomic E-state index is 6.30. The van der Waals surface area contributed by atoms with Gasteiger partial charge in [-0.25, -0.2) is 0 Å². The maximum atomic E-state index is 6.30. The predicted molar refractivity (Wildman–Crippen MR) is 107 cm³/mol. The smallest absolute Gasteiger partial charge is 0.0353 e. The van der Waals surface area contributed by atoms with Gasteiger partial charge in [0.2, 0.25) is 0 Å². The fourth-order valence-corrected chi connectivity index (χ4v) is 3.61. The average molecular weight is 320 g/mol. The molecule has 126 valence electrons. The second-order valence-electron chi connectivity index (χ2n) is 6.79. The molecular weight excluding hydrogens is 292 g/mol. The molecule has 3 aromatic rings. The molecule has 2 nitrogen and oxygen atoms in total. The van der Waals surface area contributed by atoms with E-state index in [2.05, 4.69) is 37.3 Å². The first-order valence-electron chi connectivity index (χ1n) is 9.20. The van der Waals surface area contributed by atoms with E-state index in [1.165, 1.54) is 65.6 Å². The normalized spacial score (nSPS) is 11.4. The number of aryl methyl sites for hydroxylation is 1. The zero-order valence-corrected chi connectivity index (χ0v) is 14.6. The van der Waals surface area contributed by atoms with Gasteiger partial charge in [0.1, 0.15) is 0 Å². The predicted octanol–water partition coefficient (Wildman–Crippen LogP) is 6.06. The molecule has 0 saturated heterocycles. The van der Waals surface area contributed by atoms with Crippen molar-refractivity contribution in [3.63, 3.8) is 0 Å². The van der Waals surface area contributed by atoms with Crippen molar-refractivity contribution in [3.8, 4) is 0 Å². The summed E-state index contributed by atoms with van der Waals surface area (Å²) in [6.45, 7) is 2.26.